The zero-order chi connectivity index (χ0) is 12.1. The summed E-state index contributed by atoms with van der Waals surface area (Å²) in [4.78, 5) is 8.98. The predicted octanol–water partition coefficient (Wildman–Crippen LogP) is 1.64. The molecule has 1 aromatic rings. The fourth-order valence-electron chi connectivity index (χ4n) is 0.758. The summed E-state index contributed by atoms with van der Waals surface area (Å²) >= 11 is 0. The van der Waals surface area contributed by atoms with Gasteiger partial charge in [0, 0.05) is 12.1 Å². The Labute approximate surface area is 86.8 Å². The van der Waals surface area contributed by atoms with Crippen molar-refractivity contribution in [3.8, 4) is 0 Å². The van der Waals surface area contributed by atoms with Gasteiger partial charge in [-0.2, -0.15) is 8.42 Å². The van der Waals surface area contributed by atoms with Crippen molar-refractivity contribution in [2.75, 3.05) is 0 Å². The van der Waals surface area contributed by atoms with Crippen LogP contribution in [0.5, 0.6) is 0 Å². The molecule has 1 rings (SSSR count). The highest BCUT2D eigenvalue weighted by Crippen LogP contribution is 2.16. The van der Waals surface area contributed by atoms with Crippen molar-refractivity contribution in [1.29, 1.82) is 0 Å². The number of hydrogen-bond donors (Lipinski definition) is 1. The first-order chi connectivity index (χ1) is 6.91. The topological polar surface area (TPSA) is 97.5 Å². The monoisotopic (exact) mass is 231 g/mol. The lowest BCUT2D eigenvalue weighted by atomic mass is 10.3. The summed E-state index contributed by atoms with van der Waals surface area (Å²) in [6.07, 6.45) is 0. The van der Waals surface area contributed by atoms with Crippen LogP contribution in [-0.4, -0.2) is 17.9 Å². The van der Waals surface area contributed by atoms with E-state index in [4.69, 9.17) is 4.55 Å². The van der Waals surface area contributed by atoms with Crippen molar-refractivity contribution in [2.24, 2.45) is 0 Å². The molecule has 0 aliphatic carbocycles. The molecule has 0 fully saturated rings. The summed E-state index contributed by atoms with van der Waals surface area (Å²) in [7, 11) is -4.36. The van der Waals surface area contributed by atoms with Gasteiger partial charge in [-0.1, -0.05) is 6.07 Å². The number of non-ortho nitro benzene ring substituents is 1. The van der Waals surface area contributed by atoms with E-state index in [9.17, 15) is 18.5 Å². The van der Waals surface area contributed by atoms with E-state index in [1.54, 1.807) is 0 Å². The molecule has 0 atom stereocenters. The van der Waals surface area contributed by atoms with Gasteiger partial charge in [-0.05, 0) is 6.07 Å². The molecular formula is C8H9NO5S. The largest absolute Gasteiger partial charge is 0.294 e. The van der Waals surface area contributed by atoms with Gasteiger partial charge in [0.15, 0.2) is 0 Å². The van der Waals surface area contributed by atoms with E-state index >= 15 is 0 Å². The highest BCUT2D eigenvalue weighted by molar-refractivity contribution is 7.85. The molecule has 0 heterocycles. The van der Waals surface area contributed by atoms with E-state index in [0.717, 1.165) is 18.2 Å². The Kier molecular flexibility index (Phi) is 4.62. The standard InChI is InChI=1S/C6H5NO5S.C2H4/c8-7(9)5-2-1-3-6(4-5)13(10,11)12;1-2/h1-4H,(H,10,11,12);1-2H2. The Balaban J connectivity index is 0.000000921. The van der Waals surface area contributed by atoms with E-state index in [2.05, 4.69) is 13.2 Å². The second-order valence-electron chi connectivity index (χ2n) is 2.23. The smallest absolute Gasteiger partial charge is 0.282 e. The molecule has 7 heteroatoms. The molecule has 0 aromatic heterocycles. The second kappa shape index (κ2) is 5.23. The highest BCUT2D eigenvalue weighted by atomic mass is 32.2. The lowest BCUT2D eigenvalue weighted by Gasteiger charge is -1.95. The van der Waals surface area contributed by atoms with Crippen LogP contribution in [0.1, 0.15) is 0 Å². The normalized spacial score (nSPS) is 9.93. The molecular weight excluding hydrogens is 222 g/mol. The van der Waals surface area contributed by atoms with E-state index in [1.807, 2.05) is 0 Å². The summed E-state index contributed by atoms with van der Waals surface area (Å²) in [5, 5.41) is 10.2. The Bertz CT molecular complexity index is 454. The third kappa shape index (κ3) is 3.88. The predicted molar refractivity (Wildman–Crippen MR) is 54.2 cm³/mol. The zero-order valence-electron chi connectivity index (χ0n) is 7.66. The summed E-state index contributed by atoms with van der Waals surface area (Å²) in [6, 6.07) is 4.17. The number of hydrogen-bond acceptors (Lipinski definition) is 4. The quantitative estimate of drug-likeness (QED) is 0.361. The van der Waals surface area contributed by atoms with Crippen LogP contribution in [0, 0.1) is 10.1 Å². The molecule has 0 amide bonds. The molecule has 0 bridgehead atoms. The SMILES string of the molecule is C=C.O=[N+]([O-])c1cccc(S(=O)(=O)O)c1. The van der Waals surface area contributed by atoms with Crippen LogP contribution in [0.25, 0.3) is 0 Å². The molecule has 0 saturated heterocycles. The van der Waals surface area contributed by atoms with Crippen LogP contribution in [0.3, 0.4) is 0 Å². The van der Waals surface area contributed by atoms with Gasteiger partial charge in [0.2, 0.25) is 0 Å². The Morgan fingerprint density at radius 2 is 1.87 bits per heavy atom. The number of nitro benzene ring substituents is 1. The van der Waals surface area contributed by atoms with Crippen LogP contribution < -0.4 is 0 Å². The maximum absolute atomic E-state index is 10.5. The fraction of sp³-hybridized carbons (Fsp3) is 0. The molecule has 1 N–H and O–H groups in total. The van der Waals surface area contributed by atoms with Crippen molar-refractivity contribution >= 4 is 15.8 Å². The molecule has 0 saturated carbocycles. The summed E-state index contributed by atoms with van der Waals surface area (Å²) in [5.41, 5.74) is -0.380. The third-order valence-electron chi connectivity index (χ3n) is 1.33. The number of rotatable bonds is 2. The van der Waals surface area contributed by atoms with Gasteiger partial charge >= 0.3 is 0 Å². The zero-order valence-corrected chi connectivity index (χ0v) is 8.48. The van der Waals surface area contributed by atoms with Crippen LogP contribution in [0.15, 0.2) is 42.3 Å². The molecule has 0 unspecified atom stereocenters. The highest BCUT2D eigenvalue weighted by Gasteiger charge is 2.13. The fourth-order valence-corrected chi connectivity index (χ4v) is 1.28. The van der Waals surface area contributed by atoms with Crippen molar-refractivity contribution in [3.05, 3.63) is 47.5 Å². The Morgan fingerprint density at radius 1 is 1.33 bits per heavy atom. The van der Waals surface area contributed by atoms with Gasteiger partial charge in [0.05, 0.1) is 4.92 Å². The lowest BCUT2D eigenvalue weighted by molar-refractivity contribution is -0.385. The first kappa shape index (κ1) is 13.3. The van der Waals surface area contributed by atoms with Gasteiger partial charge in [0.1, 0.15) is 4.90 Å². The lowest BCUT2D eigenvalue weighted by Crippen LogP contribution is -1.98. The van der Waals surface area contributed by atoms with Gasteiger partial charge in [-0.3, -0.25) is 14.7 Å². The van der Waals surface area contributed by atoms with Gasteiger partial charge in [0.25, 0.3) is 15.8 Å². The minimum absolute atomic E-state index is 0.380. The first-order valence-corrected chi connectivity index (χ1v) is 5.07. The van der Waals surface area contributed by atoms with Crippen LogP contribution >= 0.6 is 0 Å². The minimum atomic E-state index is -4.36. The van der Waals surface area contributed by atoms with Gasteiger partial charge in [-0.15, -0.1) is 13.2 Å². The molecule has 15 heavy (non-hydrogen) atoms. The molecule has 0 aliphatic rings. The van der Waals surface area contributed by atoms with Gasteiger partial charge < -0.3 is 0 Å². The first-order valence-electron chi connectivity index (χ1n) is 3.63. The Hall–Kier alpha value is -1.73. The average Bonchev–Trinajstić information content (AvgIpc) is 2.20. The van der Waals surface area contributed by atoms with E-state index in [1.165, 1.54) is 6.07 Å². The van der Waals surface area contributed by atoms with Crippen molar-refractivity contribution in [2.45, 2.75) is 4.90 Å². The van der Waals surface area contributed by atoms with E-state index < -0.39 is 19.9 Å². The molecule has 0 radical (unpaired) electrons. The minimum Gasteiger partial charge on any atom is -0.282 e. The van der Waals surface area contributed by atoms with Gasteiger partial charge in [-0.25, -0.2) is 0 Å². The molecule has 0 aliphatic heterocycles. The summed E-state index contributed by atoms with van der Waals surface area (Å²) in [6.45, 7) is 6.00. The Morgan fingerprint density at radius 3 is 2.27 bits per heavy atom. The number of benzene rings is 1. The maximum Gasteiger partial charge on any atom is 0.294 e. The van der Waals surface area contributed by atoms with Crippen LogP contribution in [0.4, 0.5) is 5.69 Å². The summed E-state index contributed by atoms with van der Waals surface area (Å²) in [5.74, 6) is 0. The number of nitrogens with zero attached hydrogens (tertiary/aromatic N) is 1. The third-order valence-corrected chi connectivity index (χ3v) is 2.18. The molecule has 6 nitrogen and oxygen atoms in total. The molecule has 1 aromatic carbocycles. The summed E-state index contributed by atoms with van der Waals surface area (Å²) < 4.78 is 29.6. The molecule has 82 valence electrons. The van der Waals surface area contributed by atoms with Crippen LogP contribution in [0.2, 0.25) is 0 Å². The van der Waals surface area contributed by atoms with E-state index in [-0.39, 0.29) is 5.69 Å². The average molecular weight is 231 g/mol. The molecule has 0 spiro atoms. The van der Waals surface area contributed by atoms with Crippen molar-refractivity contribution in [3.63, 3.8) is 0 Å². The second-order valence-corrected chi connectivity index (χ2v) is 3.65. The van der Waals surface area contributed by atoms with Crippen molar-refractivity contribution in [1.82, 2.24) is 0 Å². The van der Waals surface area contributed by atoms with Crippen molar-refractivity contribution < 1.29 is 17.9 Å². The maximum atomic E-state index is 10.5. The van der Waals surface area contributed by atoms with Crippen LogP contribution in [-0.2, 0) is 10.1 Å². The number of nitro groups is 1. The van der Waals surface area contributed by atoms with E-state index in [0.29, 0.717) is 0 Å².